The highest BCUT2D eigenvalue weighted by Crippen LogP contribution is 2.45. The second kappa shape index (κ2) is 9.56. The molecule has 1 unspecified atom stereocenters. The Morgan fingerprint density at radius 1 is 1.17 bits per heavy atom. The molecule has 1 atom stereocenters. The first-order valence-corrected chi connectivity index (χ1v) is 11.7. The van der Waals surface area contributed by atoms with Crippen molar-refractivity contribution in [3.8, 4) is 0 Å². The lowest BCUT2D eigenvalue weighted by molar-refractivity contribution is -0.104. The van der Waals surface area contributed by atoms with Crippen LogP contribution in [0.25, 0.3) is 0 Å². The van der Waals surface area contributed by atoms with E-state index in [1.165, 1.54) is 23.7 Å². The summed E-state index contributed by atoms with van der Waals surface area (Å²) in [6.07, 6.45) is 4.48. The van der Waals surface area contributed by atoms with E-state index in [9.17, 15) is 18.0 Å². The van der Waals surface area contributed by atoms with Crippen LogP contribution in [0.15, 0.2) is 78.3 Å². The molecular formula is C26H28F3N5O. The molecule has 1 saturated carbocycles. The monoisotopic (exact) mass is 483 g/mol. The van der Waals surface area contributed by atoms with Crippen LogP contribution < -0.4 is 4.90 Å². The third-order valence-electron chi connectivity index (χ3n) is 6.53. The molecule has 1 aliphatic carbocycles. The number of carbonyl (C=O) groups is 1. The van der Waals surface area contributed by atoms with Crippen LogP contribution in [-0.4, -0.2) is 32.1 Å². The first-order valence-electron chi connectivity index (χ1n) is 11.7. The van der Waals surface area contributed by atoms with Gasteiger partial charge in [0.2, 0.25) is 0 Å². The SMILES string of the molecule is C=C1N2C=C(C=O)C=C(C(F)(F)F)C2=CN1c1cccc(C(c2nncn2C)C2CCC2)c1.CC. The largest absolute Gasteiger partial charge is 0.418 e. The number of nitrogens with zero attached hydrogens (tertiary/aromatic N) is 5. The molecule has 1 aromatic carbocycles. The number of aromatic nitrogens is 3. The highest BCUT2D eigenvalue weighted by molar-refractivity contribution is 5.80. The first-order chi connectivity index (χ1) is 16.8. The molecule has 0 radical (unpaired) electrons. The predicted molar refractivity (Wildman–Crippen MR) is 128 cm³/mol. The lowest BCUT2D eigenvalue weighted by Gasteiger charge is -2.34. The Labute approximate surface area is 202 Å². The number of hydrogen-bond acceptors (Lipinski definition) is 5. The van der Waals surface area contributed by atoms with E-state index >= 15 is 0 Å². The van der Waals surface area contributed by atoms with Crippen LogP contribution in [0.1, 0.15) is 50.4 Å². The fourth-order valence-corrected chi connectivity index (χ4v) is 4.65. The molecule has 3 heterocycles. The van der Waals surface area contributed by atoms with Crippen LogP contribution in [0.5, 0.6) is 0 Å². The van der Waals surface area contributed by atoms with Crippen molar-refractivity contribution < 1.29 is 18.0 Å². The van der Waals surface area contributed by atoms with Crippen LogP contribution in [0.3, 0.4) is 0 Å². The van der Waals surface area contributed by atoms with Gasteiger partial charge in [0.05, 0.1) is 11.3 Å². The van der Waals surface area contributed by atoms with Crippen LogP contribution in [0.2, 0.25) is 0 Å². The van der Waals surface area contributed by atoms with E-state index in [-0.39, 0.29) is 17.2 Å². The van der Waals surface area contributed by atoms with Gasteiger partial charge >= 0.3 is 6.18 Å². The molecule has 2 aliphatic heterocycles. The summed E-state index contributed by atoms with van der Waals surface area (Å²) < 4.78 is 43.0. The molecular weight excluding hydrogens is 455 g/mol. The van der Waals surface area contributed by atoms with Crippen LogP contribution in [-0.2, 0) is 11.8 Å². The van der Waals surface area contributed by atoms with Gasteiger partial charge in [0.25, 0.3) is 0 Å². The molecule has 0 bridgehead atoms. The number of alkyl halides is 3. The average molecular weight is 484 g/mol. The zero-order chi connectivity index (χ0) is 25.3. The zero-order valence-electron chi connectivity index (χ0n) is 20.0. The summed E-state index contributed by atoms with van der Waals surface area (Å²) in [5.74, 6) is 1.67. The minimum Gasteiger partial charge on any atom is -0.320 e. The lowest BCUT2D eigenvalue weighted by atomic mass is 9.72. The van der Waals surface area contributed by atoms with Gasteiger partial charge in [0, 0.05) is 36.6 Å². The second-order valence-electron chi connectivity index (χ2n) is 8.54. The summed E-state index contributed by atoms with van der Waals surface area (Å²) in [6, 6.07) is 7.72. The van der Waals surface area contributed by atoms with Gasteiger partial charge < -0.3 is 14.4 Å². The van der Waals surface area contributed by atoms with Crippen molar-refractivity contribution in [1.82, 2.24) is 19.7 Å². The number of carbonyl (C=O) groups excluding carboxylic acids is 1. The summed E-state index contributed by atoms with van der Waals surface area (Å²) in [5, 5.41) is 8.38. The minimum absolute atomic E-state index is 0.0458. The number of aldehydes is 1. The van der Waals surface area contributed by atoms with Gasteiger partial charge in [0.1, 0.15) is 18.0 Å². The van der Waals surface area contributed by atoms with Crippen molar-refractivity contribution in [2.24, 2.45) is 13.0 Å². The molecule has 1 aromatic heterocycles. The maximum Gasteiger partial charge on any atom is 0.418 e. The Hall–Kier alpha value is -3.62. The lowest BCUT2D eigenvalue weighted by Crippen LogP contribution is -2.26. The van der Waals surface area contributed by atoms with Crippen molar-refractivity contribution in [1.29, 1.82) is 0 Å². The van der Waals surface area contributed by atoms with Gasteiger partial charge in [-0.05, 0) is 42.5 Å². The molecule has 1 fully saturated rings. The molecule has 0 saturated heterocycles. The molecule has 0 N–H and O–H groups in total. The van der Waals surface area contributed by atoms with Crippen molar-refractivity contribution >= 4 is 12.0 Å². The van der Waals surface area contributed by atoms with Gasteiger partial charge in [0.15, 0.2) is 6.29 Å². The number of hydrogen-bond donors (Lipinski definition) is 0. The highest BCUT2D eigenvalue weighted by Gasteiger charge is 2.43. The van der Waals surface area contributed by atoms with Crippen molar-refractivity contribution in [2.75, 3.05) is 4.90 Å². The molecule has 184 valence electrons. The van der Waals surface area contributed by atoms with Gasteiger partial charge in [-0.3, -0.25) is 4.79 Å². The average Bonchev–Trinajstić information content (AvgIpc) is 3.39. The summed E-state index contributed by atoms with van der Waals surface area (Å²) in [6.45, 7) is 8.00. The van der Waals surface area contributed by atoms with Crippen LogP contribution in [0.4, 0.5) is 18.9 Å². The van der Waals surface area contributed by atoms with Gasteiger partial charge in [-0.15, -0.1) is 10.2 Å². The molecule has 0 spiro atoms. The molecule has 5 rings (SSSR count). The number of allylic oxidation sites excluding steroid dienone is 3. The highest BCUT2D eigenvalue weighted by atomic mass is 19.4. The quantitative estimate of drug-likeness (QED) is 0.504. The Balaban J connectivity index is 0.00000141. The molecule has 9 heteroatoms. The van der Waals surface area contributed by atoms with Crippen molar-refractivity contribution in [2.45, 2.75) is 45.2 Å². The third kappa shape index (κ3) is 4.42. The van der Waals surface area contributed by atoms with Crippen molar-refractivity contribution in [3.63, 3.8) is 0 Å². The van der Waals surface area contributed by atoms with E-state index in [1.54, 1.807) is 11.2 Å². The fraction of sp³-hybridized carbons (Fsp3) is 0.346. The van der Waals surface area contributed by atoms with Gasteiger partial charge in [-0.25, -0.2) is 0 Å². The molecule has 0 amide bonds. The Kier molecular flexibility index (Phi) is 6.69. The topological polar surface area (TPSA) is 54.3 Å². The molecule has 6 nitrogen and oxygen atoms in total. The molecule has 35 heavy (non-hydrogen) atoms. The van der Waals surface area contributed by atoms with Crippen molar-refractivity contribution in [3.05, 3.63) is 89.7 Å². The number of anilines is 1. The van der Waals surface area contributed by atoms with E-state index < -0.39 is 11.7 Å². The molecule has 3 aliphatic rings. The van der Waals surface area contributed by atoms with E-state index in [0.29, 0.717) is 23.7 Å². The maximum atomic E-state index is 13.7. The predicted octanol–water partition coefficient (Wildman–Crippen LogP) is 5.79. The standard InChI is InChI=1S/C24H22F3N5O.C2H6/c1-15-31(12-21-20(24(25,26)27)9-16(13-33)11-32(15)21)19-8-4-7-18(10-19)22(17-5-3-6-17)23-29-28-14-30(23)2;1-2/h4,7-14,17,22H,1,3,5-6H2,2H3;1-2H3. The number of halogens is 3. The van der Waals surface area contributed by atoms with Gasteiger partial charge in [-0.1, -0.05) is 39.0 Å². The fourth-order valence-electron chi connectivity index (χ4n) is 4.65. The van der Waals surface area contributed by atoms with E-state index in [1.807, 2.05) is 49.7 Å². The minimum atomic E-state index is -4.61. The number of aryl methyl sites for hydroxylation is 1. The summed E-state index contributed by atoms with van der Waals surface area (Å²) >= 11 is 0. The molecule has 2 aromatic rings. The summed E-state index contributed by atoms with van der Waals surface area (Å²) in [4.78, 5) is 14.2. The number of rotatable bonds is 5. The Bertz CT molecular complexity index is 1220. The Morgan fingerprint density at radius 2 is 1.91 bits per heavy atom. The summed E-state index contributed by atoms with van der Waals surface area (Å²) in [5.41, 5.74) is 0.711. The smallest absolute Gasteiger partial charge is 0.320 e. The number of fused-ring (bicyclic) bond motifs is 1. The maximum absolute atomic E-state index is 13.7. The van der Waals surface area contributed by atoms with Gasteiger partial charge in [-0.2, -0.15) is 13.2 Å². The number of benzene rings is 1. The first kappa shape index (κ1) is 24.5. The second-order valence-corrected chi connectivity index (χ2v) is 8.54. The Morgan fingerprint density at radius 3 is 2.49 bits per heavy atom. The zero-order valence-corrected chi connectivity index (χ0v) is 20.0. The van der Waals surface area contributed by atoms with Crippen LogP contribution >= 0.6 is 0 Å². The normalized spacial score (nSPS) is 18.6. The van der Waals surface area contributed by atoms with E-state index in [2.05, 4.69) is 16.8 Å². The van der Waals surface area contributed by atoms with E-state index in [0.717, 1.165) is 30.3 Å². The third-order valence-corrected chi connectivity index (χ3v) is 6.53. The van der Waals surface area contributed by atoms with Crippen LogP contribution in [0, 0.1) is 5.92 Å². The summed E-state index contributed by atoms with van der Waals surface area (Å²) in [7, 11) is 1.91. The van der Waals surface area contributed by atoms with E-state index in [4.69, 9.17) is 0 Å².